The van der Waals surface area contributed by atoms with Crippen LogP contribution in [-0.4, -0.2) is 50.0 Å². The van der Waals surface area contributed by atoms with Gasteiger partial charge in [0.05, 0.1) is 19.3 Å². The fourth-order valence-corrected chi connectivity index (χ4v) is 3.80. The largest absolute Gasteiger partial charge is 0.495 e. The van der Waals surface area contributed by atoms with Gasteiger partial charge in [-0.3, -0.25) is 9.59 Å². The van der Waals surface area contributed by atoms with Gasteiger partial charge in [0.1, 0.15) is 5.75 Å². The molecule has 3 rings (SSSR count). The molecule has 1 aliphatic rings. The monoisotopic (exact) mass is 387 g/mol. The quantitative estimate of drug-likeness (QED) is 0.793. The Morgan fingerprint density at radius 2 is 1.85 bits per heavy atom. The Bertz CT molecular complexity index is 756. The molecule has 0 spiro atoms. The summed E-state index contributed by atoms with van der Waals surface area (Å²) in [6, 6.07) is 11.9. The highest BCUT2D eigenvalue weighted by Crippen LogP contribution is 2.28. The molecule has 0 saturated carbocycles. The highest BCUT2D eigenvalue weighted by molar-refractivity contribution is 7.09. The third kappa shape index (κ3) is 5.23. The van der Waals surface area contributed by atoms with E-state index in [9.17, 15) is 9.59 Å². The molecule has 2 heterocycles. The number of carbonyl (C=O) groups excluding carboxylic acids is 2. The number of piperazine rings is 1. The molecule has 144 valence electrons. The number of benzene rings is 1. The molecule has 0 radical (unpaired) electrons. The van der Waals surface area contributed by atoms with Gasteiger partial charge in [-0.25, -0.2) is 0 Å². The first-order valence-corrected chi connectivity index (χ1v) is 10.00. The van der Waals surface area contributed by atoms with E-state index in [-0.39, 0.29) is 24.7 Å². The average Bonchev–Trinajstić information content (AvgIpc) is 3.24. The topological polar surface area (TPSA) is 61.9 Å². The standard InChI is InChI=1S/C20H25N3O3S/c1-26-18-7-3-2-6-17(18)22-10-12-23(13-11-22)20(25)9-8-19(24)21-15-16-5-4-14-27-16/h2-7,14H,8-13,15H2,1H3,(H,21,24). The number of hydrogen-bond acceptors (Lipinski definition) is 5. The molecule has 1 fully saturated rings. The number of nitrogens with one attached hydrogen (secondary N) is 1. The second-order valence-corrected chi connectivity index (χ2v) is 7.43. The number of carbonyl (C=O) groups is 2. The van der Waals surface area contributed by atoms with E-state index in [1.165, 1.54) is 0 Å². The van der Waals surface area contributed by atoms with Crippen molar-refractivity contribution < 1.29 is 14.3 Å². The molecule has 2 aromatic rings. The van der Waals surface area contributed by atoms with Crippen LogP contribution in [0.1, 0.15) is 17.7 Å². The van der Waals surface area contributed by atoms with Crippen molar-refractivity contribution >= 4 is 28.8 Å². The summed E-state index contributed by atoms with van der Waals surface area (Å²) in [5.74, 6) is 0.810. The molecule has 0 aliphatic carbocycles. The minimum atomic E-state index is -0.0793. The van der Waals surface area contributed by atoms with Crippen molar-refractivity contribution in [1.29, 1.82) is 0 Å². The number of thiophene rings is 1. The minimum Gasteiger partial charge on any atom is -0.495 e. The average molecular weight is 388 g/mol. The lowest BCUT2D eigenvalue weighted by molar-refractivity contribution is -0.133. The molecule has 27 heavy (non-hydrogen) atoms. The van der Waals surface area contributed by atoms with Crippen LogP contribution in [-0.2, 0) is 16.1 Å². The van der Waals surface area contributed by atoms with Crippen LogP contribution in [0.15, 0.2) is 41.8 Å². The van der Waals surface area contributed by atoms with E-state index in [0.29, 0.717) is 19.6 Å². The van der Waals surface area contributed by atoms with Crippen LogP contribution in [0, 0.1) is 0 Å². The lowest BCUT2D eigenvalue weighted by Crippen LogP contribution is -2.49. The molecule has 2 amide bonds. The van der Waals surface area contributed by atoms with E-state index in [0.717, 1.165) is 29.4 Å². The maximum Gasteiger partial charge on any atom is 0.223 e. The summed E-state index contributed by atoms with van der Waals surface area (Å²) >= 11 is 1.61. The van der Waals surface area contributed by atoms with Gasteiger partial charge in [-0.1, -0.05) is 18.2 Å². The Hall–Kier alpha value is -2.54. The number of ether oxygens (including phenoxy) is 1. The third-order valence-electron chi connectivity index (χ3n) is 4.66. The van der Waals surface area contributed by atoms with Crippen molar-refractivity contribution in [2.45, 2.75) is 19.4 Å². The highest BCUT2D eigenvalue weighted by atomic mass is 32.1. The highest BCUT2D eigenvalue weighted by Gasteiger charge is 2.23. The van der Waals surface area contributed by atoms with Gasteiger partial charge in [-0.2, -0.15) is 0 Å². The molecule has 1 aromatic heterocycles. The Balaban J connectivity index is 1.41. The molecule has 7 heteroatoms. The van der Waals surface area contributed by atoms with Crippen LogP contribution in [0.3, 0.4) is 0 Å². The Kier molecular flexibility index (Phi) is 6.70. The minimum absolute atomic E-state index is 0.0425. The summed E-state index contributed by atoms with van der Waals surface area (Å²) in [4.78, 5) is 29.5. The van der Waals surface area contributed by atoms with E-state index in [2.05, 4.69) is 10.2 Å². The molecule has 1 saturated heterocycles. The van der Waals surface area contributed by atoms with Gasteiger partial charge in [-0.05, 0) is 23.6 Å². The molecular weight excluding hydrogens is 362 g/mol. The molecule has 0 bridgehead atoms. The maximum atomic E-state index is 12.4. The number of amides is 2. The summed E-state index contributed by atoms with van der Waals surface area (Å²) in [7, 11) is 1.67. The van der Waals surface area contributed by atoms with Crippen LogP contribution in [0.5, 0.6) is 5.75 Å². The number of nitrogens with zero attached hydrogens (tertiary/aromatic N) is 2. The molecule has 0 atom stereocenters. The number of rotatable bonds is 7. The molecule has 1 aromatic carbocycles. The first kappa shape index (κ1) is 19.2. The Labute approximate surface area is 163 Å². The van der Waals surface area contributed by atoms with Gasteiger partial charge in [0.25, 0.3) is 0 Å². The molecule has 6 nitrogen and oxygen atoms in total. The molecular formula is C20H25N3O3S. The van der Waals surface area contributed by atoms with Crippen molar-refractivity contribution in [2.24, 2.45) is 0 Å². The maximum absolute atomic E-state index is 12.4. The predicted octanol–water partition coefficient (Wildman–Crippen LogP) is 2.50. The van der Waals surface area contributed by atoms with Gasteiger partial charge < -0.3 is 19.9 Å². The van der Waals surface area contributed by atoms with Crippen molar-refractivity contribution in [2.75, 3.05) is 38.2 Å². The predicted molar refractivity (Wildman–Crippen MR) is 107 cm³/mol. The number of anilines is 1. The molecule has 0 unspecified atom stereocenters. The zero-order valence-corrected chi connectivity index (χ0v) is 16.3. The second-order valence-electron chi connectivity index (χ2n) is 6.40. The number of methoxy groups -OCH3 is 1. The van der Waals surface area contributed by atoms with E-state index >= 15 is 0 Å². The molecule has 1 aliphatic heterocycles. The van der Waals surface area contributed by atoms with Crippen LogP contribution < -0.4 is 15.0 Å². The number of para-hydroxylation sites is 2. The van der Waals surface area contributed by atoms with E-state index < -0.39 is 0 Å². The summed E-state index contributed by atoms with van der Waals surface area (Å²) in [6.07, 6.45) is 0.488. The third-order valence-corrected chi connectivity index (χ3v) is 5.54. The van der Waals surface area contributed by atoms with Crippen LogP contribution in [0.4, 0.5) is 5.69 Å². The van der Waals surface area contributed by atoms with Gasteiger partial charge in [-0.15, -0.1) is 11.3 Å². The van der Waals surface area contributed by atoms with E-state index in [1.807, 2.05) is 46.7 Å². The van der Waals surface area contributed by atoms with Gasteiger partial charge in [0.15, 0.2) is 0 Å². The fraction of sp³-hybridized carbons (Fsp3) is 0.400. The fourth-order valence-electron chi connectivity index (χ4n) is 3.15. The van der Waals surface area contributed by atoms with E-state index in [4.69, 9.17) is 4.74 Å². The second kappa shape index (κ2) is 9.41. The Morgan fingerprint density at radius 1 is 1.07 bits per heavy atom. The summed E-state index contributed by atoms with van der Waals surface area (Å²) in [6.45, 7) is 3.37. The van der Waals surface area contributed by atoms with Crippen molar-refractivity contribution in [1.82, 2.24) is 10.2 Å². The van der Waals surface area contributed by atoms with Crippen LogP contribution in [0.25, 0.3) is 0 Å². The van der Waals surface area contributed by atoms with E-state index in [1.54, 1.807) is 18.4 Å². The smallest absolute Gasteiger partial charge is 0.223 e. The summed E-state index contributed by atoms with van der Waals surface area (Å²) < 4.78 is 5.42. The SMILES string of the molecule is COc1ccccc1N1CCN(C(=O)CCC(=O)NCc2cccs2)CC1. The van der Waals surface area contributed by atoms with Gasteiger partial charge in [0, 0.05) is 43.9 Å². The lowest BCUT2D eigenvalue weighted by atomic mass is 10.2. The zero-order valence-electron chi connectivity index (χ0n) is 15.5. The zero-order chi connectivity index (χ0) is 19.1. The first-order valence-electron chi connectivity index (χ1n) is 9.12. The Morgan fingerprint density at radius 3 is 2.56 bits per heavy atom. The van der Waals surface area contributed by atoms with Crippen molar-refractivity contribution in [3.05, 3.63) is 46.7 Å². The first-order chi connectivity index (χ1) is 13.2. The van der Waals surface area contributed by atoms with Crippen molar-refractivity contribution in [3.8, 4) is 5.75 Å². The van der Waals surface area contributed by atoms with Crippen LogP contribution >= 0.6 is 11.3 Å². The lowest BCUT2D eigenvalue weighted by Gasteiger charge is -2.36. The van der Waals surface area contributed by atoms with Gasteiger partial charge >= 0.3 is 0 Å². The van der Waals surface area contributed by atoms with Crippen LogP contribution in [0.2, 0.25) is 0 Å². The molecule has 1 N–H and O–H groups in total. The summed E-state index contributed by atoms with van der Waals surface area (Å²) in [5.41, 5.74) is 1.06. The van der Waals surface area contributed by atoms with Gasteiger partial charge in [0.2, 0.25) is 11.8 Å². The van der Waals surface area contributed by atoms with Crippen molar-refractivity contribution in [3.63, 3.8) is 0 Å². The summed E-state index contributed by atoms with van der Waals surface area (Å²) in [5, 5.41) is 4.85. The normalized spacial score (nSPS) is 14.1. The number of hydrogen-bond donors (Lipinski definition) is 1.